The molecule has 2 nitrogen and oxygen atoms in total. The second-order valence-electron chi connectivity index (χ2n) is 6.84. The third kappa shape index (κ3) is 2.40. The molecule has 1 saturated carbocycles. The van der Waals surface area contributed by atoms with Crippen molar-refractivity contribution in [3.05, 3.63) is 41.0 Å². The number of hydrogen-bond donors (Lipinski definition) is 1. The van der Waals surface area contributed by atoms with E-state index in [1.54, 1.807) is 12.7 Å². The first-order chi connectivity index (χ1) is 10.3. The molecule has 0 radical (unpaired) electrons. The highest BCUT2D eigenvalue weighted by molar-refractivity contribution is 5.35. The normalized spacial score (nSPS) is 31.2. The van der Waals surface area contributed by atoms with Gasteiger partial charge in [0.25, 0.3) is 0 Å². The fourth-order valence-corrected chi connectivity index (χ4v) is 4.78. The van der Waals surface area contributed by atoms with Crippen molar-refractivity contribution < 1.29 is 4.74 Å². The summed E-state index contributed by atoms with van der Waals surface area (Å²) in [7, 11) is 1.73. The Balaban J connectivity index is 1.58. The quantitative estimate of drug-likeness (QED) is 0.854. The summed E-state index contributed by atoms with van der Waals surface area (Å²) in [6.07, 6.45) is 8.22. The summed E-state index contributed by atoms with van der Waals surface area (Å²) in [4.78, 5) is 0. The second kappa shape index (κ2) is 5.49. The first-order valence-corrected chi connectivity index (χ1v) is 8.44. The summed E-state index contributed by atoms with van der Waals surface area (Å²) in [6, 6.07) is 9.18. The third-order valence-electron chi connectivity index (χ3n) is 5.79. The van der Waals surface area contributed by atoms with Crippen LogP contribution in [-0.2, 0) is 6.42 Å². The molecule has 1 aromatic carbocycles. The van der Waals surface area contributed by atoms with Crippen molar-refractivity contribution in [2.45, 2.75) is 44.6 Å². The van der Waals surface area contributed by atoms with Crippen LogP contribution in [0.1, 0.15) is 37.7 Å². The molecular weight excluding hydrogens is 258 g/mol. The molecule has 1 unspecified atom stereocenters. The van der Waals surface area contributed by atoms with Gasteiger partial charge < -0.3 is 10.1 Å². The lowest BCUT2D eigenvalue weighted by Crippen LogP contribution is -2.45. The topological polar surface area (TPSA) is 21.3 Å². The highest BCUT2D eigenvalue weighted by Gasteiger charge is 2.39. The van der Waals surface area contributed by atoms with Gasteiger partial charge in [-0.3, -0.25) is 0 Å². The average molecular weight is 283 g/mol. The van der Waals surface area contributed by atoms with E-state index in [2.05, 4.69) is 29.6 Å². The molecule has 1 N–H and O–H groups in total. The van der Waals surface area contributed by atoms with Crippen LogP contribution in [0.5, 0.6) is 5.75 Å². The molecule has 0 saturated heterocycles. The van der Waals surface area contributed by atoms with Crippen LogP contribution in [0.4, 0.5) is 0 Å². The summed E-state index contributed by atoms with van der Waals surface area (Å²) in [6.45, 7) is 1.17. The van der Waals surface area contributed by atoms with Crippen LogP contribution < -0.4 is 10.1 Å². The number of fused-ring (bicyclic) bond motifs is 2. The van der Waals surface area contributed by atoms with Gasteiger partial charge in [-0.1, -0.05) is 23.3 Å². The summed E-state index contributed by atoms with van der Waals surface area (Å²) >= 11 is 0. The van der Waals surface area contributed by atoms with Crippen LogP contribution in [0.3, 0.4) is 0 Å². The van der Waals surface area contributed by atoms with Crippen molar-refractivity contribution in [1.82, 2.24) is 5.32 Å². The Bertz CT molecular complexity index is 537. The zero-order valence-electron chi connectivity index (χ0n) is 12.9. The Morgan fingerprint density at radius 2 is 1.76 bits per heavy atom. The zero-order valence-corrected chi connectivity index (χ0v) is 12.9. The van der Waals surface area contributed by atoms with E-state index in [1.165, 1.54) is 44.2 Å². The first kappa shape index (κ1) is 13.4. The predicted octanol–water partition coefficient (Wildman–Crippen LogP) is 3.72. The molecule has 0 spiro atoms. The van der Waals surface area contributed by atoms with Crippen molar-refractivity contribution in [1.29, 1.82) is 0 Å². The minimum atomic E-state index is 0.579. The number of benzene rings is 1. The van der Waals surface area contributed by atoms with Crippen molar-refractivity contribution in [2.24, 2.45) is 11.8 Å². The summed E-state index contributed by atoms with van der Waals surface area (Å²) in [5.74, 6) is 2.75. The molecule has 3 aliphatic carbocycles. The minimum absolute atomic E-state index is 0.579. The van der Waals surface area contributed by atoms with E-state index in [0.29, 0.717) is 6.04 Å². The standard InChI is InChI=1S/C19H25NO/c1-21-16-8-2-13(3-9-16)12-18-19-15-6-4-14(5-7-15)17(19)10-11-20-18/h2-3,8-9,14-15,18,20H,4-7,10-12H2,1H3. The van der Waals surface area contributed by atoms with Gasteiger partial charge in [-0.2, -0.15) is 0 Å². The molecule has 1 heterocycles. The molecule has 1 aromatic rings. The van der Waals surface area contributed by atoms with Gasteiger partial charge in [0.1, 0.15) is 5.75 Å². The maximum atomic E-state index is 5.26. The van der Waals surface area contributed by atoms with E-state index < -0.39 is 0 Å². The number of nitrogens with one attached hydrogen (secondary N) is 1. The van der Waals surface area contributed by atoms with Crippen molar-refractivity contribution in [2.75, 3.05) is 13.7 Å². The molecule has 21 heavy (non-hydrogen) atoms. The van der Waals surface area contributed by atoms with Gasteiger partial charge in [-0.15, -0.1) is 0 Å². The highest BCUT2D eigenvalue weighted by atomic mass is 16.5. The number of rotatable bonds is 3. The van der Waals surface area contributed by atoms with Crippen LogP contribution in [0.25, 0.3) is 0 Å². The molecule has 112 valence electrons. The predicted molar refractivity (Wildman–Crippen MR) is 85.6 cm³/mol. The van der Waals surface area contributed by atoms with Crippen molar-refractivity contribution in [3.63, 3.8) is 0 Å². The highest BCUT2D eigenvalue weighted by Crippen LogP contribution is 2.48. The zero-order chi connectivity index (χ0) is 14.2. The lowest BCUT2D eigenvalue weighted by atomic mass is 9.63. The molecule has 1 fully saturated rings. The van der Waals surface area contributed by atoms with Gasteiger partial charge in [0.15, 0.2) is 0 Å². The van der Waals surface area contributed by atoms with Gasteiger partial charge in [0, 0.05) is 6.04 Å². The summed E-state index contributed by atoms with van der Waals surface area (Å²) < 4.78 is 5.26. The smallest absolute Gasteiger partial charge is 0.118 e. The molecular formula is C19H25NO. The van der Waals surface area contributed by atoms with Crippen molar-refractivity contribution in [3.8, 4) is 5.75 Å². The maximum absolute atomic E-state index is 5.26. The molecule has 1 aliphatic heterocycles. The Morgan fingerprint density at radius 3 is 2.48 bits per heavy atom. The van der Waals surface area contributed by atoms with Gasteiger partial charge in [0.05, 0.1) is 7.11 Å². The first-order valence-electron chi connectivity index (χ1n) is 8.44. The van der Waals surface area contributed by atoms with E-state index in [4.69, 9.17) is 4.74 Å². The summed E-state index contributed by atoms with van der Waals surface area (Å²) in [5.41, 5.74) is 5.07. The lowest BCUT2D eigenvalue weighted by Gasteiger charge is -2.46. The maximum Gasteiger partial charge on any atom is 0.118 e. The van der Waals surface area contributed by atoms with Crippen LogP contribution in [0.2, 0.25) is 0 Å². The van der Waals surface area contributed by atoms with Gasteiger partial charge >= 0.3 is 0 Å². The molecule has 1 atom stereocenters. The number of hydrogen-bond acceptors (Lipinski definition) is 2. The fourth-order valence-electron chi connectivity index (χ4n) is 4.78. The van der Waals surface area contributed by atoms with Crippen molar-refractivity contribution >= 4 is 0 Å². The van der Waals surface area contributed by atoms with Crippen LogP contribution >= 0.6 is 0 Å². The third-order valence-corrected chi connectivity index (χ3v) is 5.79. The molecule has 0 amide bonds. The van der Waals surface area contributed by atoms with E-state index in [9.17, 15) is 0 Å². The molecule has 2 bridgehead atoms. The Labute approximate surface area is 127 Å². The van der Waals surface area contributed by atoms with E-state index >= 15 is 0 Å². The van der Waals surface area contributed by atoms with Crippen LogP contribution in [-0.4, -0.2) is 19.7 Å². The van der Waals surface area contributed by atoms with Gasteiger partial charge in [-0.05, 0) is 74.6 Å². The number of methoxy groups -OCH3 is 1. The Hall–Kier alpha value is -1.28. The van der Waals surface area contributed by atoms with E-state index in [-0.39, 0.29) is 0 Å². The number of ether oxygens (including phenoxy) is 1. The average Bonchev–Trinajstić information content (AvgIpc) is 2.57. The Morgan fingerprint density at radius 1 is 1.05 bits per heavy atom. The lowest BCUT2D eigenvalue weighted by molar-refractivity contribution is 0.255. The molecule has 5 rings (SSSR count). The van der Waals surface area contributed by atoms with E-state index in [0.717, 1.165) is 24.0 Å². The largest absolute Gasteiger partial charge is 0.497 e. The molecule has 4 aliphatic rings. The van der Waals surface area contributed by atoms with Crippen LogP contribution in [0.15, 0.2) is 35.4 Å². The summed E-state index contributed by atoms with van der Waals surface area (Å²) in [5, 5.41) is 3.79. The molecule has 2 heteroatoms. The second-order valence-corrected chi connectivity index (χ2v) is 6.84. The minimum Gasteiger partial charge on any atom is -0.497 e. The fraction of sp³-hybridized carbons (Fsp3) is 0.579. The molecule has 0 aromatic heterocycles. The van der Waals surface area contributed by atoms with Gasteiger partial charge in [-0.25, -0.2) is 0 Å². The SMILES string of the molecule is COc1ccc(CC2NCCC3=C2C2CCC3CC2)cc1. The van der Waals surface area contributed by atoms with Gasteiger partial charge in [0.2, 0.25) is 0 Å². The van der Waals surface area contributed by atoms with Crippen LogP contribution in [0, 0.1) is 11.8 Å². The monoisotopic (exact) mass is 283 g/mol. The Kier molecular flexibility index (Phi) is 3.50. The van der Waals surface area contributed by atoms with E-state index in [1.807, 2.05) is 5.57 Å².